The fourth-order valence-corrected chi connectivity index (χ4v) is 2.74. The van der Waals surface area contributed by atoms with Gasteiger partial charge in [-0.1, -0.05) is 23.7 Å². The van der Waals surface area contributed by atoms with Gasteiger partial charge in [0.25, 0.3) is 0 Å². The number of methoxy groups -OCH3 is 1. The molecule has 2 rings (SSSR count). The van der Waals surface area contributed by atoms with Crippen LogP contribution in [0.25, 0.3) is 0 Å². The summed E-state index contributed by atoms with van der Waals surface area (Å²) in [7, 11) is 1.38. The number of carbonyl (C=O) groups excluding carboxylic acids is 2. The van der Waals surface area contributed by atoms with Gasteiger partial charge in [0.2, 0.25) is 0 Å². The average Bonchev–Trinajstić information content (AvgIpc) is 2.39. The van der Waals surface area contributed by atoms with Gasteiger partial charge in [-0.3, -0.25) is 9.59 Å². The fourth-order valence-electron chi connectivity index (χ4n) is 2.55. The summed E-state index contributed by atoms with van der Waals surface area (Å²) in [6, 6.07) is 7.25. The molecule has 1 fully saturated rings. The number of hydrogen-bond acceptors (Lipinski definition) is 3. The van der Waals surface area contributed by atoms with E-state index in [1.54, 1.807) is 12.1 Å². The highest BCUT2D eigenvalue weighted by Crippen LogP contribution is 2.40. The molecule has 96 valence electrons. The Kier molecular flexibility index (Phi) is 3.71. The largest absolute Gasteiger partial charge is 0.468 e. The summed E-state index contributed by atoms with van der Waals surface area (Å²) in [5.41, 5.74) is 0.127. The van der Waals surface area contributed by atoms with E-state index in [2.05, 4.69) is 0 Å². The third kappa shape index (κ3) is 2.27. The van der Waals surface area contributed by atoms with Crippen LogP contribution in [0.4, 0.5) is 0 Å². The first-order valence-corrected chi connectivity index (χ1v) is 6.32. The molecule has 1 aliphatic rings. The normalized spacial score (nSPS) is 18.4. The van der Waals surface area contributed by atoms with Gasteiger partial charge in [0.05, 0.1) is 12.5 Å². The van der Waals surface area contributed by atoms with Crippen molar-refractivity contribution in [2.45, 2.75) is 31.1 Å². The van der Waals surface area contributed by atoms with Crippen LogP contribution in [-0.4, -0.2) is 18.9 Å². The van der Waals surface area contributed by atoms with E-state index < -0.39 is 5.41 Å². The van der Waals surface area contributed by atoms with Gasteiger partial charge in [-0.15, -0.1) is 0 Å². The SMILES string of the molecule is COC(=O)C1(c2cccc(Cl)c2)CCC(=O)CC1. The highest BCUT2D eigenvalue weighted by molar-refractivity contribution is 6.30. The van der Waals surface area contributed by atoms with Crippen molar-refractivity contribution >= 4 is 23.4 Å². The molecule has 0 heterocycles. The lowest BCUT2D eigenvalue weighted by Crippen LogP contribution is -2.40. The van der Waals surface area contributed by atoms with Gasteiger partial charge in [-0.25, -0.2) is 0 Å². The van der Waals surface area contributed by atoms with Crippen molar-refractivity contribution in [2.75, 3.05) is 7.11 Å². The molecule has 0 unspecified atom stereocenters. The zero-order valence-corrected chi connectivity index (χ0v) is 11.0. The molecule has 1 aliphatic carbocycles. The van der Waals surface area contributed by atoms with Gasteiger partial charge in [-0.05, 0) is 30.5 Å². The first-order chi connectivity index (χ1) is 8.58. The van der Waals surface area contributed by atoms with Crippen LogP contribution in [0.3, 0.4) is 0 Å². The molecule has 0 amide bonds. The summed E-state index contributed by atoms with van der Waals surface area (Å²) in [6.45, 7) is 0. The smallest absolute Gasteiger partial charge is 0.316 e. The number of esters is 1. The predicted octanol–water partition coefficient (Wildman–Crippen LogP) is 2.89. The number of ketones is 1. The number of carbonyl (C=O) groups is 2. The Balaban J connectivity index is 2.42. The second kappa shape index (κ2) is 5.11. The molecule has 1 aromatic rings. The predicted molar refractivity (Wildman–Crippen MR) is 68.6 cm³/mol. The zero-order valence-electron chi connectivity index (χ0n) is 10.2. The Morgan fingerprint density at radius 1 is 1.33 bits per heavy atom. The molecule has 0 N–H and O–H groups in total. The van der Waals surface area contributed by atoms with E-state index in [9.17, 15) is 9.59 Å². The van der Waals surface area contributed by atoms with E-state index in [4.69, 9.17) is 16.3 Å². The molecule has 0 spiro atoms. The van der Waals surface area contributed by atoms with Crippen molar-refractivity contribution in [2.24, 2.45) is 0 Å². The molecule has 0 bridgehead atoms. The van der Waals surface area contributed by atoms with Crippen LogP contribution in [0.15, 0.2) is 24.3 Å². The number of hydrogen-bond donors (Lipinski definition) is 0. The second-order valence-electron chi connectivity index (χ2n) is 4.62. The Hall–Kier alpha value is -1.35. The number of ether oxygens (including phenoxy) is 1. The van der Waals surface area contributed by atoms with Gasteiger partial charge in [0, 0.05) is 17.9 Å². The van der Waals surface area contributed by atoms with Gasteiger partial charge in [0.15, 0.2) is 0 Å². The van der Waals surface area contributed by atoms with Gasteiger partial charge in [0.1, 0.15) is 5.78 Å². The van der Waals surface area contributed by atoms with Gasteiger partial charge >= 0.3 is 5.97 Å². The molecule has 1 aromatic carbocycles. The molecule has 1 saturated carbocycles. The topological polar surface area (TPSA) is 43.4 Å². The number of benzene rings is 1. The van der Waals surface area contributed by atoms with Crippen LogP contribution >= 0.6 is 11.6 Å². The number of rotatable bonds is 2. The fraction of sp³-hybridized carbons (Fsp3) is 0.429. The lowest BCUT2D eigenvalue weighted by molar-refractivity contribution is -0.149. The maximum absolute atomic E-state index is 12.1. The van der Waals surface area contributed by atoms with Crippen LogP contribution < -0.4 is 0 Å². The summed E-state index contributed by atoms with van der Waals surface area (Å²) in [4.78, 5) is 23.5. The summed E-state index contributed by atoms with van der Waals surface area (Å²) in [5.74, 6) is -0.0752. The molecule has 0 atom stereocenters. The van der Waals surface area contributed by atoms with Crippen molar-refractivity contribution in [1.29, 1.82) is 0 Å². The average molecular weight is 267 g/mol. The Bertz CT molecular complexity index is 472. The van der Waals surface area contributed by atoms with E-state index in [0.717, 1.165) is 5.56 Å². The van der Waals surface area contributed by atoms with Gasteiger partial charge < -0.3 is 4.74 Å². The van der Waals surface area contributed by atoms with Crippen LogP contribution in [0, 0.1) is 0 Å². The summed E-state index contributed by atoms with van der Waals surface area (Å²) >= 11 is 5.98. The molecule has 0 aromatic heterocycles. The maximum atomic E-state index is 12.1. The summed E-state index contributed by atoms with van der Waals surface area (Å²) in [6.07, 6.45) is 1.83. The van der Waals surface area contributed by atoms with E-state index in [1.807, 2.05) is 12.1 Å². The molecule has 4 heteroatoms. The van der Waals surface area contributed by atoms with Crippen LogP contribution in [0.1, 0.15) is 31.2 Å². The summed E-state index contributed by atoms with van der Waals surface area (Å²) in [5, 5.41) is 0.590. The number of halogens is 1. The lowest BCUT2D eigenvalue weighted by atomic mass is 9.69. The van der Waals surface area contributed by atoms with Gasteiger partial charge in [-0.2, -0.15) is 0 Å². The molecular formula is C14H15ClO3. The van der Waals surface area contributed by atoms with Crippen molar-refractivity contribution in [3.8, 4) is 0 Å². The van der Waals surface area contributed by atoms with E-state index in [-0.39, 0.29) is 11.8 Å². The summed E-state index contributed by atoms with van der Waals surface area (Å²) < 4.78 is 4.93. The second-order valence-corrected chi connectivity index (χ2v) is 5.06. The van der Waals surface area contributed by atoms with E-state index >= 15 is 0 Å². The van der Waals surface area contributed by atoms with E-state index in [1.165, 1.54) is 7.11 Å². The first kappa shape index (κ1) is 13.1. The van der Waals surface area contributed by atoms with E-state index in [0.29, 0.717) is 30.7 Å². The minimum absolute atomic E-state index is 0.205. The molecule has 0 saturated heterocycles. The lowest BCUT2D eigenvalue weighted by Gasteiger charge is -2.34. The molecular weight excluding hydrogens is 252 g/mol. The number of Topliss-reactive ketones (excluding diaryl/α,β-unsaturated/α-hetero) is 1. The first-order valence-electron chi connectivity index (χ1n) is 5.95. The quantitative estimate of drug-likeness (QED) is 0.773. The van der Waals surface area contributed by atoms with Crippen LogP contribution in [0.5, 0.6) is 0 Å². The highest BCUT2D eigenvalue weighted by atomic mass is 35.5. The minimum Gasteiger partial charge on any atom is -0.468 e. The van der Waals surface area contributed by atoms with Crippen molar-refractivity contribution in [3.63, 3.8) is 0 Å². The highest BCUT2D eigenvalue weighted by Gasteiger charge is 2.44. The minimum atomic E-state index is -0.715. The van der Waals surface area contributed by atoms with Crippen LogP contribution in [0.2, 0.25) is 5.02 Å². The maximum Gasteiger partial charge on any atom is 0.316 e. The molecule has 3 nitrogen and oxygen atoms in total. The Morgan fingerprint density at radius 2 is 2.00 bits per heavy atom. The zero-order chi connectivity index (χ0) is 13.2. The molecule has 0 radical (unpaired) electrons. The molecule has 0 aliphatic heterocycles. The monoisotopic (exact) mass is 266 g/mol. The Morgan fingerprint density at radius 3 is 2.56 bits per heavy atom. The van der Waals surface area contributed by atoms with Crippen LogP contribution in [-0.2, 0) is 19.7 Å². The third-order valence-electron chi connectivity index (χ3n) is 3.61. The molecule has 18 heavy (non-hydrogen) atoms. The van der Waals surface area contributed by atoms with Crippen molar-refractivity contribution in [3.05, 3.63) is 34.9 Å². The Labute approximate surface area is 111 Å². The standard InChI is InChI=1S/C14H15ClO3/c1-18-13(17)14(7-5-12(16)6-8-14)10-3-2-4-11(15)9-10/h2-4,9H,5-8H2,1H3. The third-order valence-corrected chi connectivity index (χ3v) is 3.85. The van der Waals surface area contributed by atoms with Crippen molar-refractivity contribution < 1.29 is 14.3 Å². The van der Waals surface area contributed by atoms with Crippen molar-refractivity contribution in [1.82, 2.24) is 0 Å².